The van der Waals surface area contributed by atoms with Crippen LogP contribution in [0.3, 0.4) is 0 Å². The van der Waals surface area contributed by atoms with Gasteiger partial charge in [0, 0.05) is 7.11 Å². The summed E-state index contributed by atoms with van der Waals surface area (Å²) in [6.45, 7) is 2.08. The number of ether oxygens (including phenoxy) is 1. The normalized spacial score (nSPS) is 15.1. The minimum atomic E-state index is -0.880. The van der Waals surface area contributed by atoms with Gasteiger partial charge in [-0.1, -0.05) is 29.8 Å². The van der Waals surface area contributed by atoms with E-state index < -0.39 is 12.2 Å². The molecule has 14 heavy (non-hydrogen) atoms. The van der Waals surface area contributed by atoms with Crippen LogP contribution in [0, 0.1) is 6.92 Å². The lowest BCUT2D eigenvalue weighted by atomic mass is 10.0. The zero-order valence-corrected chi connectivity index (χ0v) is 8.47. The number of hydrogen-bond donors (Lipinski definition) is 2. The molecule has 78 valence electrons. The second-order valence-corrected chi connectivity index (χ2v) is 3.38. The van der Waals surface area contributed by atoms with E-state index in [0.717, 1.165) is 11.1 Å². The van der Waals surface area contributed by atoms with Gasteiger partial charge in [-0.2, -0.15) is 0 Å². The summed E-state index contributed by atoms with van der Waals surface area (Å²) in [6.07, 6.45) is -1.75. The molecule has 0 aliphatic rings. The van der Waals surface area contributed by atoms with Gasteiger partial charge in [0.15, 0.2) is 0 Å². The van der Waals surface area contributed by atoms with Crippen LogP contribution in [0.2, 0.25) is 0 Å². The van der Waals surface area contributed by atoms with E-state index in [0.29, 0.717) is 0 Å². The van der Waals surface area contributed by atoms with Crippen LogP contribution in [0.1, 0.15) is 17.2 Å². The van der Waals surface area contributed by atoms with Crippen molar-refractivity contribution >= 4 is 0 Å². The first kappa shape index (κ1) is 11.2. The molecule has 0 aliphatic heterocycles. The van der Waals surface area contributed by atoms with Crippen LogP contribution in [-0.4, -0.2) is 30.0 Å². The maximum Gasteiger partial charge on any atom is 0.107 e. The first-order chi connectivity index (χ1) is 6.65. The average Bonchev–Trinajstić information content (AvgIpc) is 2.17. The van der Waals surface area contributed by atoms with Gasteiger partial charge in [0.1, 0.15) is 12.2 Å². The monoisotopic (exact) mass is 196 g/mol. The van der Waals surface area contributed by atoms with Crippen LogP contribution in [0.25, 0.3) is 0 Å². The predicted molar refractivity (Wildman–Crippen MR) is 54.0 cm³/mol. The second-order valence-electron chi connectivity index (χ2n) is 3.38. The SMILES string of the molecule is COCC(O)C(O)c1cccc(C)c1. The number of aliphatic hydroxyl groups excluding tert-OH is 2. The Morgan fingerprint density at radius 3 is 2.64 bits per heavy atom. The number of benzene rings is 1. The molecule has 0 bridgehead atoms. The lowest BCUT2D eigenvalue weighted by Crippen LogP contribution is -2.23. The van der Waals surface area contributed by atoms with Crippen LogP contribution < -0.4 is 0 Å². The van der Waals surface area contributed by atoms with Gasteiger partial charge >= 0.3 is 0 Å². The van der Waals surface area contributed by atoms with Gasteiger partial charge < -0.3 is 14.9 Å². The van der Waals surface area contributed by atoms with Gasteiger partial charge in [-0.15, -0.1) is 0 Å². The lowest BCUT2D eigenvalue weighted by molar-refractivity contribution is -0.0273. The van der Waals surface area contributed by atoms with Crippen LogP contribution >= 0.6 is 0 Å². The molecule has 0 aliphatic carbocycles. The number of methoxy groups -OCH3 is 1. The van der Waals surface area contributed by atoms with Gasteiger partial charge in [0.25, 0.3) is 0 Å². The van der Waals surface area contributed by atoms with Crippen molar-refractivity contribution in [1.29, 1.82) is 0 Å². The summed E-state index contributed by atoms with van der Waals surface area (Å²) in [5.74, 6) is 0. The van der Waals surface area contributed by atoms with Crippen molar-refractivity contribution in [2.45, 2.75) is 19.1 Å². The Balaban J connectivity index is 2.73. The molecule has 0 saturated carbocycles. The summed E-state index contributed by atoms with van der Waals surface area (Å²) >= 11 is 0. The van der Waals surface area contributed by atoms with Crippen LogP contribution in [0.5, 0.6) is 0 Å². The van der Waals surface area contributed by atoms with Crippen molar-refractivity contribution < 1.29 is 14.9 Å². The van der Waals surface area contributed by atoms with Crippen molar-refractivity contribution in [2.75, 3.05) is 13.7 Å². The minimum absolute atomic E-state index is 0.134. The van der Waals surface area contributed by atoms with E-state index in [9.17, 15) is 10.2 Å². The van der Waals surface area contributed by atoms with E-state index in [4.69, 9.17) is 4.74 Å². The fourth-order valence-electron chi connectivity index (χ4n) is 1.34. The molecule has 3 heteroatoms. The van der Waals surface area contributed by atoms with Crippen molar-refractivity contribution in [3.05, 3.63) is 35.4 Å². The van der Waals surface area contributed by atoms with Crippen LogP contribution in [0.4, 0.5) is 0 Å². The first-order valence-corrected chi connectivity index (χ1v) is 4.56. The Labute approximate surface area is 84.0 Å². The van der Waals surface area contributed by atoms with E-state index in [1.54, 1.807) is 6.07 Å². The third kappa shape index (κ3) is 2.80. The molecular formula is C11H16O3. The van der Waals surface area contributed by atoms with E-state index in [1.807, 2.05) is 25.1 Å². The van der Waals surface area contributed by atoms with Crippen molar-refractivity contribution in [1.82, 2.24) is 0 Å². The molecular weight excluding hydrogens is 180 g/mol. The molecule has 1 rings (SSSR count). The molecule has 2 atom stereocenters. The van der Waals surface area contributed by atoms with E-state index >= 15 is 0 Å². The van der Waals surface area contributed by atoms with Gasteiger partial charge in [-0.25, -0.2) is 0 Å². The molecule has 0 fully saturated rings. The second kappa shape index (κ2) is 5.10. The number of hydrogen-bond acceptors (Lipinski definition) is 3. The van der Waals surface area contributed by atoms with E-state index in [1.165, 1.54) is 7.11 Å². The zero-order chi connectivity index (χ0) is 10.6. The van der Waals surface area contributed by atoms with Crippen molar-refractivity contribution in [2.24, 2.45) is 0 Å². The third-order valence-electron chi connectivity index (χ3n) is 2.09. The third-order valence-corrected chi connectivity index (χ3v) is 2.09. The standard InChI is InChI=1S/C11H16O3/c1-8-4-3-5-9(6-8)11(13)10(12)7-14-2/h3-6,10-13H,7H2,1-2H3. The van der Waals surface area contributed by atoms with Gasteiger partial charge in [0.2, 0.25) is 0 Å². The maximum atomic E-state index is 9.71. The zero-order valence-electron chi connectivity index (χ0n) is 8.47. The smallest absolute Gasteiger partial charge is 0.107 e. The molecule has 2 N–H and O–H groups in total. The maximum absolute atomic E-state index is 9.71. The highest BCUT2D eigenvalue weighted by atomic mass is 16.5. The molecule has 1 aromatic carbocycles. The fourth-order valence-corrected chi connectivity index (χ4v) is 1.34. The Morgan fingerprint density at radius 2 is 2.07 bits per heavy atom. The molecule has 3 nitrogen and oxygen atoms in total. The van der Waals surface area contributed by atoms with Gasteiger partial charge in [-0.05, 0) is 12.5 Å². The summed E-state index contributed by atoms with van der Waals surface area (Å²) in [5, 5.41) is 19.2. The highest BCUT2D eigenvalue weighted by molar-refractivity contribution is 5.24. The Kier molecular flexibility index (Phi) is 4.07. The van der Waals surface area contributed by atoms with E-state index in [-0.39, 0.29) is 6.61 Å². The Morgan fingerprint density at radius 1 is 1.36 bits per heavy atom. The molecule has 1 aromatic rings. The molecule has 0 spiro atoms. The largest absolute Gasteiger partial charge is 0.388 e. The van der Waals surface area contributed by atoms with Crippen molar-refractivity contribution in [3.63, 3.8) is 0 Å². The van der Waals surface area contributed by atoms with Crippen LogP contribution in [-0.2, 0) is 4.74 Å². The summed E-state index contributed by atoms with van der Waals surface area (Å²) in [4.78, 5) is 0. The summed E-state index contributed by atoms with van der Waals surface area (Å²) < 4.78 is 4.77. The number of aryl methyl sites for hydroxylation is 1. The number of rotatable bonds is 4. The summed E-state index contributed by atoms with van der Waals surface area (Å²) in [7, 11) is 1.49. The molecule has 0 heterocycles. The van der Waals surface area contributed by atoms with Crippen molar-refractivity contribution in [3.8, 4) is 0 Å². The topological polar surface area (TPSA) is 49.7 Å². The Hall–Kier alpha value is -0.900. The molecule has 0 saturated heterocycles. The number of aliphatic hydroxyl groups is 2. The first-order valence-electron chi connectivity index (χ1n) is 4.56. The van der Waals surface area contributed by atoms with Crippen LogP contribution in [0.15, 0.2) is 24.3 Å². The predicted octanol–water partition coefficient (Wildman–Crippen LogP) is 1.04. The highest BCUT2D eigenvalue weighted by Gasteiger charge is 2.17. The summed E-state index contributed by atoms with van der Waals surface area (Å²) in [5.41, 5.74) is 1.78. The fraction of sp³-hybridized carbons (Fsp3) is 0.455. The highest BCUT2D eigenvalue weighted by Crippen LogP contribution is 2.17. The molecule has 2 unspecified atom stereocenters. The summed E-state index contributed by atoms with van der Waals surface area (Å²) in [6, 6.07) is 7.44. The lowest BCUT2D eigenvalue weighted by Gasteiger charge is -2.17. The average molecular weight is 196 g/mol. The quantitative estimate of drug-likeness (QED) is 0.756. The minimum Gasteiger partial charge on any atom is -0.388 e. The Bertz CT molecular complexity index is 286. The van der Waals surface area contributed by atoms with Gasteiger partial charge in [0.05, 0.1) is 6.61 Å². The molecule has 0 amide bonds. The molecule has 0 aromatic heterocycles. The van der Waals surface area contributed by atoms with E-state index in [2.05, 4.69) is 0 Å². The van der Waals surface area contributed by atoms with Gasteiger partial charge in [-0.3, -0.25) is 0 Å². The molecule has 0 radical (unpaired) electrons.